The van der Waals surface area contributed by atoms with Crippen LogP contribution in [0.2, 0.25) is 0 Å². The molecule has 0 aromatic carbocycles. The topological polar surface area (TPSA) is 114 Å². The van der Waals surface area contributed by atoms with Crippen LogP contribution >= 0.6 is 12.2 Å². The molecule has 1 aliphatic carbocycles. The van der Waals surface area contributed by atoms with Crippen LogP contribution in [0, 0.1) is 10.1 Å². The molecule has 0 bridgehead atoms. The van der Waals surface area contributed by atoms with E-state index in [9.17, 15) is 14.9 Å². The van der Waals surface area contributed by atoms with Gasteiger partial charge in [-0.05, 0) is 25.1 Å². The maximum absolute atomic E-state index is 11.8. The molecule has 0 spiro atoms. The Kier molecular flexibility index (Phi) is 3.60. The Labute approximate surface area is 113 Å². The quantitative estimate of drug-likeness (QED) is 0.393. The van der Waals surface area contributed by atoms with Gasteiger partial charge in [0.1, 0.15) is 6.20 Å². The zero-order valence-electron chi connectivity index (χ0n) is 10.0. The molecule has 1 aromatic rings. The summed E-state index contributed by atoms with van der Waals surface area (Å²) in [5.74, 6) is -0.674. The molecular formula is C9H12N6O3S. The summed E-state index contributed by atoms with van der Waals surface area (Å²) in [7, 11) is 1.45. The van der Waals surface area contributed by atoms with E-state index in [-0.39, 0.29) is 16.5 Å². The van der Waals surface area contributed by atoms with Crippen LogP contribution in [-0.2, 0) is 7.05 Å². The molecule has 1 amide bonds. The van der Waals surface area contributed by atoms with Gasteiger partial charge in [0.05, 0.1) is 4.92 Å². The van der Waals surface area contributed by atoms with Crippen molar-refractivity contribution in [1.29, 1.82) is 0 Å². The van der Waals surface area contributed by atoms with Crippen molar-refractivity contribution in [2.75, 3.05) is 0 Å². The lowest BCUT2D eigenvalue weighted by Crippen LogP contribution is -2.47. The molecule has 1 saturated carbocycles. The lowest BCUT2D eigenvalue weighted by atomic mass is 10.3. The van der Waals surface area contributed by atoms with Crippen molar-refractivity contribution in [2.24, 2.45) is 7.05 Å². The van der Waals surface area contributed by atoms with Crippen LogP contribution in [0.15, 0.2) is 6.20 Å². The third-order valence-electron chi connectivity index (χ3n) is 2.53. The predicted molar refractivity (Wildman–Crippen MR) is 69.2 cm³/mol. The van der Waals surface area contributed by atoms with Crippen LogP contribution in [-0.4, -0.2) is 31.8 Å². The van der Waals surface area contributed by atoms with Crippen LogP contribution in [0.4, 0.5) is 5.69 Å². The first-order chi connectivity index (χ1) is 8.99. The largest absolute Gasteiger partial charge is 0.359 e. The Hall–Kier alpha value is -2.23. The number of aromatic nitrogens is 2. The Morgan fingerprint density at radius 2 is 2.26 bits per heavy atom. The highest BCUT2D eigenvalue weighted by atomic mass is 32.1. The van der Waals surface area contributed by atoms with E-state index in [1.165, 1.54) is 7.05 Å². The second-order valence-corrected chi connectivity index (χ2v) is 4.49. The summed E-state index contributed by atoms with van der Waals surface area (Å²) in [6.45, 7) is 0. The minimum Gasteiger partial charge on any atom is -0.359 e. The Balaban J connectivity index is 1.97. The van der Waals surface area contributed by atoms with Gasteiger partial charge in [0, 0.05) is 13.1 Å². The number of nitrogens with zero attached hydrogens (tertiary/aromatic N) is 3. The van der Waals surface area contributed by atoms with Crippen molar-refractivity contribution >= 4 is 28.9 Å². The molecule has 1 heterocycles. The Bertz CT molecular complexity index is 538. The number of hydrogen-bond donors (Lipinski definition) is 3. The van der Waals surface area contributed by atoms with Gasteiger partial charge in [-0.25, -0.2) is 0 Å². The first kappa shape index (κ1) is 13.2. The van der Waals surface area contributed by atoms with Crippen LogP contribution < -0.4 is 16.2 Å². The predicted octanol–water partition coefficient (Wildman–Crippen LogP) is -0.400. The number of rotatable bonds is 3. The van der Waals surface area contributed by atoms with Gasteiger partial charge in [-0.15, -0.1) is 0 Å². The first-order valence-electron chi connectivity index (χ1n) is 5.52. The lowest BCUT2D eigenvalue weighted by molar-refractivity contribution is -0.385. The molecule has 102 valence electrons. The molecule has 9 nitrogen and oxygen atoms in total. The summed E-state index contributed by atoms with van der Waals surface area (Å²) in [5, 5.41) is 17.7. The average molecular weight is 284 g/mol. The molecule has 19 heavy (non-hydrogen) atoms. The monoisotopic (exact) mass is 284 g/mol. The van der Waals surface area contributed by atoms with E-state index < -0.39 is 10.8 Å². The fourth-order valence-electron chi connectivity index (χ4n) is 1.44. The molecule has 0 aliphatic heterocycles. The van der Waals surface area contributed by atoms with E-state index >= 15 is 0 Å². The van der Waals surface area contributed by atoms with Crippen molar-refractivity contribution in [1.82, 2.24) is 25.9 Å². The van der Waals surface area contributed by atoms with Crippen LogP contribution in [0.25, 0.3) is 0 Å². The number of hydrazine groups is 1. The molecule has 1 fully saturated rings. The maximum atomic E-state index is 11.8. The van der Waals surface area contributed by atoms with Crippen molar-refractivity contribution in [3.63, 3.8) is 0 Å². The molecule has 0 radical (unpaired) electrons. The van der Waals surface area contributed by atoms with Crippen LogP contribution in [0.3, 0.4) is 0 Å². The molecule has 3 N–H and O–H groups in total. The van der Waals surface area contributed by atoms with Gasteiger partial charge in [-0.1, -0.05) is 0 Å². The molecular weight excluding hydrogens is 272 g/mol. The van der Waals surface area contributed by atoms with Crippen molar-refractivity contribution in [3.8, 4) is 0 Å². The first-order valence-corrected chi connectivity index (χ1v) is 5.93. The second-order valence-electron chi connectivity index (χ2n) is 4.09. The average Bonchev–Trinajstić information content (AvgIpc) is 3.06. The van der Waals surface area contributed by atoms with Crippen molar-refractivity contribution < 1.29 is 9.72 Å². The smallest absolute Gasteiger partial charge is 0.320 e. The van der Waals surface area contributed by atoms with Gasteiger partial charge in [0.25, 0.3) is 5.91 Å². The van der Waals surface area contributed by atoms with Gasteiger partial charge in [0.15, 0.2) is 5.11 Å². The number of thiocarbonyl (C=S) groups is 1. The van der Waals surface area contributed by atoms with E-state index in [2.05, 4.69) is 21.3 Å². The molecule has 0 unspecified atom stereocenters. The second kappa shape index (κ2) is 5.18. The normalized spacial score (nSPS) is 13.7. The van der Waals surface area contributed by atoms with E-state index in [0.717, 1.165) is 23.7 Å². The standard InChI is InChI=1S/C9H12N6O3S/c1-14-7(6(4-10-14)15(17)18)8(16)12-13-9(19)11-5-2-3-5/h4-5H,2-3H2,1H3,(H,12,16)(H2,11,13,19). The zero-order chi connectivity index (χ0) is 14.0. The molecule has 10 heteroatoms. The summed E-state index contributed by atoms with van der Waals surface area (Å²) in [5.41, 5.74) is 4.28. The van der Waals surface area contributed by atoms with Crippen molar-refractivity contribution in [2.45, 2.75) is 18.9 Å². The molecule has 1 aromatic heterocycles. The number of carbonyl (C=O) groups is 1. The zero-order valence-corrected chi connectivity index (χ0v) is 10.9. The minimum absolute atomic E-state index is 0.147. The molecule has 0 saturated heterocycles. The summed E-state index contributed by atoms with van der Waals surface area (Å²) in [6.07, 6.45) is 3.11. The van der Waals surface area contributed by atoms with E-state index in [0.29, 0.717) is 6.04 Å². The molecule has 1 aliphatic rings. The Morgan fingerprint density at radius 1 is 1.58 bits per heavy atom. The lowest BCUT2D eigenvalue weighted by Gasteiger charge is -2.10. The Morgan fingerprint density at radius 3 is 2.84 bits per heavy atom. The number of nitro groups is 1. The van der Waals surface area contributed by atoms with Gasteiger partial charge >= 0.3 is 5.69 Å². The molecule has 0 atom stereocenters. The van der Waals surface area contributed by atoms with Gasteiger partial charge in [-0.2, -0.15) is 5.10 Å². The summed E-state index contributed by atoms with van der Waals surface area (Å²) in [4.78, 5) is 21.9. The number of nitrogens with one attached hydrogen (secondary N) is 3. The minimum atomic E-state index is -0.674. The number of hydrogen-bond acceptors (Lipinski definition) is 5. The fraction of sp³-hybridized carbons (Fsp3) is 0.444. The third kappa shape index (κ3) is 3.16. The fourth-order valence-corrected chi connectivity index (χ4v) is 1.66. The highest BCUT2D eigenvalue weighted by Gasteiger charge is 2.26. The summed E-state index contributed by atoms with van der Waals surface area (Å²) >= 11 is 4.94. The van der Waals surface area contributed by atoms with Gasteiger partial charge < -0.3 is 5.32 Å². The maximum Gasteiger partial charge on any atom is 0.320 e. The molecule has 2 rings (SSSR count). The van der Waals surface area contributed by atoms with Crippen LogP contribution in [0.1, 0.15) is 23.3 Å². The summed E-state index contributed by atoms with van der Waals surface area (Å²) in [6, 6.07) is 0.350. The van der Waals surface area contributed by atoms with Gasteiger partial charge in [0.2, 0.25) is 5.69 Å². The van der Waals surface area contributed by atoms with Gasteiger partial charge in [-0.3, -0.25) is 30.4 Å². The van der Waals surface area contributed by atoms with E-state index in [1.54, 1.807) is 0 Å². The van der Waals surface area contributed by atoms with E-state index in [1.807, 2.05) is 0 Å². The third-order valence-corrected chi connectivity index (χ3v) is 2.75. The number of aryl methyl sites for hydroxylation is 1. The SMILES string of the molecule is Cn1ncc([N+](=O)[O-])c1C(=O)NNC(=S)NC1CC1. The number of carbonyl (C=O) groups excluding carboxylic acids is 1. The highest BCUT2D eigenvalue weighted by molar-refractivity contribution is 7.80. The summed E-state index contributed by atoms with van der Waals surface area (Å²) < 4.78 is 1.13. The van der Waals surface area contributed by atoms with E-state index in [4.69, 9.17) is 12.2 Å². The number of amides is 1. The van der Waals surface area contributed by atoms with Crippen molar-refractivity contribution in [3.05, 3.63) is 22.0 Å². The highest BCUT2D eigenvalue weighted by Crippen LogP contribution is 2.18. The van der Waals surface area contributed by atoms with Crippen LogP contribution in [0.5, 0.6) is 0 Å².